The molecule has 10 heavy (non-hydrogen) atoms. The van der Waals surface area contributed by atoms with E-state index in [1.807, 2.05) is 4.90 Å². The molecule has 0 aromatic carbocycles. The van der Waals surface area contributed by atoms with E-state index in [2.05, 4.69) is 12.2 Å². The van der Waals surface area contributed by atoms with Crippen molar-refractivity contribution in [2.45, 2.75) is 19.9 Å². The molecule has 0 saturated carbocycles. The van der Waals surface area contributed by atoms with Crippen LogP contribution in [0, 0.1) is 0 Å². The summed E-state index contributed by atoms with van der Waals surface area (Å²) in [5.74, 6) is 0.188. The molecule has 0 radical (unpaired) electrons. The Bertz CT molecular complexity index is 136. The number of amides is 1. The summed E-state index contributed by atoms with van der Waals surface area (Å²) in [4.78, 5) is 12.7. The lowest BCUT2D eigenvalue weighted by Crippen LogP contribution is -2.50. The molecular weight excluding hydrogens is 128 g/mol. The maximum atomic E-state index is 10.8. The van der Waals surface area contributed by atoms with Gasteiger partial charge in [-0.2, -0.15) is 0 Å². The van der Waals surface area contributed by atoms with E-state index in [-0.39, 0.29) is 5.91 Å². The Morgan fingerprint density at radius 1 is 1.70 bits per heavy atom. The third kappa shape index (κ3) is 1.70. The molecule has 58 valence electrons. The minimum absolute atomic E-state index is 0.188. The first-order valence-electron chi connectivity index (χ1n) is 3.69. The van der Waals surface area contributed by atoms with Gasteiger partial charge < -0.3 is 10.2 Å². The van der Waals surface area contributed by atoms with Crippen molar-refractivity contribution in [3.63, 3.8) is 0 Å². The van der Waals surface area contributed by atoms with Crippen molar-refractivity contribution in [2.75, 3.05) is 19.6 Å². The topological polar surface area (TPSA) is 32.3 Å². The zero-order valence-electron chi connectivity index (χ0n) is 6.55. The third-order valence-corrected chi connectivity index (χ3v) is 1.81. The molecule has 1 aliphatic rings. The fourth-order valence-corrected chi connectivity index (χ4v) is 1.22. The Morgan fingerprint density at radius 3 is 2.80 bits per heavy atom. The lowest BCUT2D eigenvalue weighted by atomic mass is 10.2. The van der Waals surface area contributed by atoms with E-state index in [4.69, 9.17) is 0 Å². The van der Waals surface area contributed by atoms with Crippen molar-refractivity contribution in [2.24, 2.45) is 0 Å². The molecule has 3 heteroatoms. The van der Waals surface area contributed by atoms with E-state index >= 15 is 0 Å². The van der Waals surface area contributed by atoms with Crippen LogP contribution in [0.2, 0.25) is 0 Å². The van der Waals surface area contributed by atoms with Crippen LogP contribution in [0.25, 0.3) is 0 Å². The second-order valence-corrected chi connectivity index (χ2v) is 2.82. The maximum absolute atomic E-state index is 10.8. The highest BCUT2D eigenvalue weighted by atomic mass is 16.2. The van der Waals surface area contributed by atoms with Crippen LogP contribution in [-0.4, -0.2) is 36.5 Å². The smallest absolute Gasteiger partial charge is 0.219 e. The van der Waals surface area contributed by atoms with Crippen LogP contribution in [0.15, 0.2) is 0 Å². The highest BCUT2D eigenvalue weighted by Crippen LogP contribution is 1.97. The van der Waals surface area contributed by atoms with Crippen molar-refractivity contribution >= 4 is 5.91 Å². The van der Waals surface area contributed by atoms with Gasteiger partial charge in [-0.15, -0.1) is 0 Å². The third-order valence-electron chi connectivity index (χ3n) is 1.81. The van der Waals surface area contributed by atoms with E-state index < -0.39 is 0 Å². The molecule has 0 spiro atoms. The molecule has 1 fully saturated rings. The van der Waals surface area contributed by atoms with Crippen LogP contribution < -0.4 is 5.32 Å². The van der Waals surface area contributed by atoms with Crippen LogP contribution in [0.3, 0.4) is 0 Å². The summed E-state index contributed by atoms with van der Waals surface area (Å²) in [7, 11) is 0. The molecule has 0 aliphatic carbocycles. The number of carbonyl (C=O) groups is 1. The van der Waals surface area contributed by atoms with Crippen molar-refractivity contribution in [3.05, 3.63) is 0 Å². The molecule has 3 nitrogen and oxygen atoms in total. The van der Waals surface area contributed by atoms with Crippen molar-refractivity contribution in [1.82, 2.24) is 10.2 Å². The van der Waals surface area contributed by atoms with E-state index in [1.54, 1.807) is 6.92 Å². The van der Waals surface area contributed by atoms with Gasteiger partial charge >= 0.3 is 0 Å². The fraction of sp³-hybridized carbons (Fsp3) is 0.857. The molecule has 1 aliphatic heterocycles. The molecule has 1 heterocycles. The number of carbonyl (C=O) groups excluding carboxylic acids is 1. The predicted molar refractivity (Wildman–Crippen MR) is 39.7 cm³/mol. The molecule has 0 aromatic heterocycles. The first-order chi connectivity index (χ1) is 4.70. The van der Waals surface area contributed by atoms with Crippen molar-refractivity contribution < 1.29 is 4.79 Å². The molecule has 0 bridgehead atoms. The van der Waals surface area contributed by atoms with Crippen LogP contribution in [0.5, 0.6) is 0 Å². The lowest BCUT2D eigenvalue weighted by molar-refractivity contribution is -0.129. The first-order valence-corrected chi connectivity index (χ1v) is 3.69. The molecule has 1 saturated heterocycles. The Kier molecular flexibility index (Phi) is 2.27. The Balaban J connectivity index is 2.39. The quantitative estimate of drug-likeness (QED) is 0.509. The normalized spacial score (nSPS) is 26.6. The molecule has 1 rings (SSSR count). The summed E-state index contributed by atoms with van der Waals surface area (Å²) in [5, 5.41) is 3.27. The zero-order chi connectivity index (χ0) is 7.56. The van der Waals surface area contributed by atoms with Crippen LogP contribution in [0.1, 0.15) is 13.8 Å². The zero-order valence-corrected chi connectivity index (χ0v) is 6.55. The van der Waals surface area contributed by atoms with E-state index in [0.29, 0.717) is 6.04 Å². The maximum Gasteiger partial charge on any atom is 0.219 e. The van der Waals surface area contributed by atoms with Crippen molar-refractivity contribution in [3.8, 4) is 0 Å². The fourth-order valence-electron chi connectivity index (χ4n) is 1.22. The van der Waals surface area contributed by atoms with Gasteiger partial charge in [0.2, 0.25) is 5.91 Å². The summed E-state index contributed by atoms with van der Waals surface area (Å²) in [6, 6.07) is 0.456. The van der Waals surface area contributed by atoms with E-state index in [1.165, 1.54) is 0 Å². The van der Waals surface area contributed by atoms with Gasteiger partial charge in [0.05, 0.1) is 0 Å². The van der Waals surface area contributed by atoms with Gasteiger partial charge in [0.1, 0.15) is 0 Å². The summed E-state index contributed by atoms with van der Waals surface area (Å²) in [6.07, 6.45) is 0. The first kappa shape index (κ1) is 7.54. The summed E-state index contributed by atoms with van der Waals surface area (Å²) >= 11 is 0. The monoisotopic (exact) mass is 142 g/mol. The highest BCUT2D eigenvalue weighted by molar-refractivity contribution is 5.73. The summed E-state index contributed by atoms with van der Waals surface area (Å²) in [5.41, 5.74) is 0. The van der Waals surface area contributed by atoms with Gasteiger partial charge in [0, 0.05) is 32.6 Å². The van der Waals surface area contributed by atoms with Gasteiger partial charge in [0.25, 0.3) is 0 Å². The van der Waals surface area contributed by atoms with Gasteiger partial charge in [-0.3, -0.25) is 4.79 Å². The largest absolute Gasteiger partial charge is 0.340 e. The molecule has 1 N–H and O–H groups in total. The van der Waals surface area contributed by atoms with Gasteiger partial charge in [0.15, 0.2) is 0 Å². The number of hydrogen-bond acceptors (Lipinski definition) is 2. The Labute approximate surface area is 61.4 Å². The lowest BCUT2D eigenvalue weighted by Gasteiger charge is -2.30. The second-order valence-electron chi connectivity index (χ2n) is 2.82. The average molecular weight is 142 g/mol. The molecular formula is C7H14N2O. The number of nitrogens with one attached hydrogen (secondary N) is 1. The van der Waals surface area contributed by atoms with Crippen LogP contribution >= 0.6 is 0 Å². The van der Waals surface area contributed by atoms with Gasteiger partial charge in [-0.25, -0.2) is 0 Å². The highest BCUT2D eigenvalue weighted by Gasteiger charge is 2.16. The SMILES string of the molecule is CC(=O)N1CCN[C@@H](C)C1. The Morgan fingerprint density at radius 2 is 2.40 bits per heavy atom. The van der Waals surface area contributed by atoms with Crippen molar-refractivity contribution in [1.29, 1.82) is 0 Å². The van der Waals surface area contributed by atoms with Crippen LogP contribution in [-0.2, 0) is 4.79 Å². The summed E-state index contributed by atoms with van der Waals surface area (Å²) < 4.78 is 0. The minimum Gasteiger partial charge on any atom is -0.340 e. The molecule has 1 amide bonds. The molecule has 1 atom stereocenters. The molecule has 0 aromatic rings. The number of rotatable bonds is 0. The minimum atomic E-state index is 0.188. The number of hydrogen-bond donors (Lipinski definition) is 1. The van der Waals surface area contributed by atoms with E-state index in [9.17, 15) is 4.79 Å². The van der Waals surface area contributed by atoms with Crippen LogP contribution in [0.4, 0.5) is 0 Å². The van der Waals surface area contributed by atoms with E-state index in [0.717, 1.165) is 19.6 Å². The second kappa shape index (κ2) is 3.01. The van der Waals surface area contributed by atoms with Gasteiger partial charge in [-0.05, 0) is 6.92 Å². The number of nitrogens with zero attached hydrogens (tertiary/aromatic N) is 1. The summed E-state index contributed by atoms with van der Waals surface area (Å²) in [6.45, 7) is 6.36. The Hall–Kier alpha value is -0.570. The number of piperazine rings is 1. The molecule has 0 unspecified atom stereocenters. The standard InChI is InChI=1S/C7H14N2O/c1-6-5-9(7(2)10)4-3-8-6/h6,8H,3-5H2,1-2H3/t6-/m0/s1. The average Bonchev–Trinajstić information content (AvgIpc) is 1.88. The van der Waals surface area contributed by atoms with Gasteiger partial charge in [-0.1, -0.05) is 0 Å². The predicted octanol–water partition coefficient (Wildman–Crippen LogP) is -0.173.